The molecule has 18 heavy (non-hydrogen) atoms. The second kappa shape index (κ2) is 4.14. The van der Waals surface area contributed by atoms with Crippen LogP contribution in [-0.2, 0) is 17.8 Å². The Morgan fingerprint density at radius 2 is 2.17 bits per heavy atom. The molecule has 3 rings (SSSR count). The molecular weight excluding hydrogens is 226 g/mol. The van der Waals surface area contributed by atoms with Crippen LogP contribution < -0.4 is 10.6 Å². The van der Waals surface area contributed by atoms with E-state index in [4.69, 9.17) is 15.5 Å². The van der Waals surface area contributed by atoms with Crippen molar-refractivity contribution in [1.29, 1.82) is 0 Å². The number of ether oxygens (including phenoxy) is 1. The molecule has 1 aromatic heterocycles. The van der Waals surface area contributed by atoms with Gasteiger partial charge in [-0.3, -0.25) is 4.98 Å². The van der Waals surface area contributed by atoms with Crippen molar-refractivity contribution in [2.45, 2.75) is 13.0 Å². The normalized spacial score (nSPS) is 14.6. The minimum atomic E-state index is 0.580. The highest BCUT2D eigenvalue weighted by Crippen LogP contribution is 2.31. The molecule has 94 valence electrons. The summed E-state index contributed by atoms with van der Waals surface area (Å²) in [6, 6.07) is 6.20. The number of rotatable bonds is 1. The van der Waals surface area contributed by atoms with Gasteiger partial charge in [0.2, 0.25) is 0 Å². The van der Waals surface area contributed by atoms with Crippen LogP contribution in [0.5, 0.6) is 0 Å². The van der Waals surface area contributed by atoms with Crippen LogP contribution in [0.1, 0.15) is 11.3 Å². The number of aromatic nitrogens is 1. The summed E-state index contributed by atoms with van der Waals surface area (Å²) in [4.78, 5) is 6.76. The molecule has 0 spiro atoms. The third kappa shape index (κ3) is 1.69. The van der Waals surface area contributed by atoms with Gasteiger partial charge >= 0.3 is 0 Å². The Bertz CT molecular complexity index is 608. The van der Waals surface area contributed by atoms with Crippen molar-refractivity contribution in [2.75, 3.05) is 31.3 Å². The molecule has 0 unspecified atom stereocenters. The molecule has 1 aliphatic rings. The molecule has 4 nitrogen and oxygen atoms in total. The fourth-order valence-electron chi connectivity index (χ4n) is 2.36. The Kier molecular flexibility index (Phi) is 2.59. The molecule has 0 amide bonds. The molecule has 4 heteroatoms. The third-order valence-electron chi connectivity index (χ3n) is 3.45. The van der Waals surface area contributed by atoms with Crippen LogP contribution in [0.2, 0.25) is 0 Å². The second-order valence-corrected chi connectivity index (χ2v) is 4.85. The van der Waals surface area contributed by atoms with Crippen LogP contribution in [-0.4, -0.2) is 25.7 Å². The van der Waals surface area contributed by atoms with E-state index in [0.717, 1.165) is 46.6 Å². The molecule has 0 saturated heterocycles. The SMILES string of the molecule is CN(C)c1ccc2nc3c(c(N)c2c1)COCC3. The molecule has 0 atom stereocenters. The summed E-state index contributed by atoms with van der Waals surface area (Å²) >= 11 is 0. The van der Waals surface area contributed by atoms with Crippen molar-refractivity contribution < 1.29 is 4.74 Å². The lowest BCUT2D eigenvalue weighted by atomic mass is 10.0. The van der Waals surface area contributed by atoms with Crippen molar-refractivity contribution in [1.82, 2.24) is 4.98 Å². The van der Waals surface area contributed by atoms with Crippen molar-refractivity contribution >= 4 is 22.3 Å². The van der Waals surface area contributed by atoms with Gasteiger partial charge in [-0.25, -0.2) is 0 Å². The highest BCUT2D eigenvalue weighted by atomic mass is 16.5. The molecule has 1 aliphatic heterocycles. The number of nitrogens with two attached hydrogens (primary N) is 1. The van der Waals surface area contributed by atoms with Crippen LogP contribution in [0.4, 0.5) is 11.4 Å². The fourth-order valence-corrected chi connectivity index (χ4v) is 2.36. The summed E-state index contributed by atoms with van der Waals surface area (Å²) in [5.41, 5.74) is 11.3. The highest BCUT2D eigenvalue weighted by molar-refractivity contribution is 5.94. The first-order valence-corrected chi connectivity index (χ1v) is 6.13. The smallest absolute Gasteiger partial charge is 0.0755 e. The minimum Gasteiger partial charge on any atom is -0.398 e. The first kappa shape index (κ1) is 11.3. The van der Waals surface area contributed by atoms with Gasteiger partial charge in [0.1, 0.15) is 0 Å². The molecule has 0 fully saturated rings. The Balaban J connectivity index is 2.26. The molecule has 0 aliphatic carbocycles. The maximum Gasteiger partial charge on any atom is 0.0755 e. The van der Waals surface area contributed by atoms with Crippen LogP contribution in [0.15, 0.2) is 18.2 Å². The van der Waals surface area contributed by atoms with Crippen molar-refractivity contribution in [3.8, 4) is 0 Å². The lowest BCUT2D eigenvalue weighted by Gasteiger charge is -2.20. The van der Waals surface area contributed by atoms with Gasteiger partial charge in [-0.2, -0.15) is 0 Å². The van der Waals surface area contributed by atoms with E-state index in [0.29, 0.717) is 6.61 Å². The number of pyridine rings is 1. The molecular formula is C14H17N3O. The van der Waals surface area contributed by atoms with Crippen molar-refractivity contribution in [2.24, 2.45) is 0 Å². The van der Waals surface area contributed by atoms with Crippen molar-refractivity contribution in [3.63, 3.8) is 0 Å². The van der Waals surface area contributed by atoms with E-state index in [1.807, 2.05) is 20.2 Å². The first-order chi connectivity index (χ1) is 8.66. The largest absolute Gasteiger partial charge is 0.398 e. The van der Waals surface area contributed by atoms with E-state index < -0.39 is 0 Å². The molecule has 2 heterocycles. The zero-order chi connectivity index (χ0) is 12.7. The summed E-state index contributed by atoms with van der Waals surface area (Å²) in [7, 11) is 4.04. The Morgan fingerprint density at radius 3 is 2.94 bits per heavy atom. The summed E-state index contributed by atoms with van der Waals surface area (Å²) in [5, 5.41) is 1.02. The van der Waals surface area contributed by atoms with Crippen LogP contribution in [0, 0.1) is 0 Å². The molecule has 0 bridgehead atoms. The van der Waals surface area contributed by atoms with E-state index in [-0.39, 0.29) is 0 Å². The standard InChI is InChI=1S/C14H17N3O/c1-17(2)9-3-4-12-10(7-9)14(15)11-8-18-6-5-13(11)16-12/h3-4,7H,5-6,8H2,1-2H3,(H2,15,16). The van der Waals surface area contributed by atoms with Gasteiger partial charge in [0.15, 0.2) is 0 Å². The topological polar surface area (TPSA) is 51.4 Å². The molecule has 1 aromatic carbocycles. The van der Waals surface area contributed by atoms with E-state index in [9.17, 15) is 0 Å². The van der Waals surface area contributed by atoms with Gasteiger partial charge in [0.25, 0.3) is 0 Å². The van der Waals surface area contributed by atoms with Gasteiger partial charge < -0.3 is 15.4 Å². The van der Waals surface area contributed by atoms with Crippen molar-refractivity contribution in [3.05, 3.63) is 29.5 Å². The van der Waals surface area contributed by atoms with Crippen LogP contribution >= 0.6 is 0 Å². The highest BCUT2D eigenvalue weighted by Gasteiger charge is 2.17. The average Bonchev–Trinajstić information content (AvgIpc) is 2.38. The predicted octanol–water partition coefficient (Wildman–Crippen LogP) is 1.96. The number of anilines is 2. The molecule has 0 radical (unpaired) electrons. The lowest BCUT2D eigenvalue weighted by molar-refractivity contribution is 0.110. The monoisotopic (exact) mass is 243 g/mol. The number of benzene rings is 1. The molecule has 0 saturated carbocycles. The third-order valence-corrected chi connectivity index (χ3v) is 3.45. The van der Waals surface area contributed by atoms with E-state index in [2.05, 4.69) is 17.0 Å². The zero-order valence-corrected chi connectivity index (χ0v) is 10.7. The van der Waals surface area contributed by atoms with Gasteiger partial charge in [0, 0.05) is 42.8 Å². The van der Waals surface area contributed by atoms with Gasteiger partial charge in [0.05, 0.1) is 24.4 Å². The number of nitrogen functional groups attached to an aromatic ring is 1. The van der Waals surface area contributed by atoms with Crippen LogP contribution in [0.25, 0.3) is 10.9 Å². The summed E-state index contributed by atoms with van der Waals surface area (Å²) < 4.78 is 5.47. The summed E-state index contributed by atoms with van der Waals surface area (Å²) in [6.07, 6.45) is 0.852. The van der Waals surface area contributed by atoms with E-state index in [1.54, 1.807) is 0 Å². The Hall–Kier alpha value is -1.81. The molecule has 2 N–H and O–H groups in total. The Labute approximate surface area is 106 Å². The average molecular weight is 243 g/mol. The number of hydrogen-bond acceptors (Lipinski definition) is 4. The van der Waals surface area contributed by atoms with Gasteiger partial charge in [-0.1, -0.05) is 0 Å². The number of nitrogens with zero attached hydrogens (tertiary/aromatic N) is 2. The second-order valence-electron chi connectivity index (χ2n) is 4.85. The molecule has 2 aromatic rings. The van der Waals surface area contributed by atoms with Crippen LogP contribution in [0.3, 0.4) is 0 Å². The first-order valence-electron chi connectivity index (χ1n) is 6.13. The lowest BCUT2D eigenvalue weighted by Crippen LogP contribution is -2.15. The zero-order valence-electron chi connectivity index (χ0n) is 10.7. The predicted molar refractivity (Wildman–Crippen MR) is 73.8 cm³/mol. The maximum atomic E-state index is 6.27. The summed E-state index contributed by atoms with van der Waals surface area (Å²) in [5.74, 6) is 0. The maximum absolute atomic E-state index is 6.27. The fraction of sp³-hybridized carbons (Fsp3) is 0.357. The van der Waals surface area contributed by atoms with Gasteiger partial charge in [-0.15, -0.1) is 0 Å². The van der Waals surface area contributed by atoms with E-state index in [1.165, 1.54) is 0 Å². The minimum absolute atomic E-state index is 0.580. The number of fused-ring (bicyclic) bond motifs is 2. The summed E-state index contributed by atoms with van der Waals surface area (Å²) in [6.45, 7) is 1.32. The number of hydrogen-bond donors (Lipinski definition) is 1. The van der Waals surface area contributed by atoms with E-state index >= 15 is 0 Å². The van der Waals surface area contributed by atoms with Gasteiger partial charge in [-0.05, 0) is 18.2 Å². The quantitative estimate of drug-likeness (QED) is 0.831. The Morgan fingerprint density at radius 1 is 1.33 bits per heavy atom.